The molecule has 62 heavy (non-hydrogen) atoms. The predicted octanol–water partition coefficient (Wildman–Crippen LogP) is 7.10. The first kappa shape index (κ1) is 58.5. The van der Waals surface area contributed by atoms with Gasteiger partial charge in [0.25, 0.3) is 0 Å². The van der Waals surface area contributed by atoms with Crippen molar-refractivity contribution in [3.05, 3.63) is 0 Å². The van der Waals surface area contributed by atoms with E-state index in [4.69, 9.17) is 5.73 Å². The minimum absolute atomic E-state index is 0.00310. The Kier molecular flexibility index (Phi) is 36.8. The molecule has 8 N–H and O–H groups in total. The van der Waals surface area contributed by atoms with Crippen LogP contribution in [0.25, 0.3) is 0 Å². The molecule has 0 rings (SSSR count). The van der Waals surface area contributed by atoms with E-state index in [0.29, 0.717) is 83.7 Å². The Morgan fingerprint density at radius 1 is 0.371 bits per heavy atom. The number of Topliss-reactive ketones (excluding diaryl/α,β-unsaturated/α-hetero) is 1. The molecule has 5 atom stereocenters. The number of ketones is 1. The molecule has 14 heteroatoms. The largest absolute Gasteiger partial charge is 0.356 e. The Hall–Kier alpha value is -3.55. The van der Waals surface area contributed by atoms with E-state index >= 15 is 0 Å². The molecule has 0 aliphatic carbocycles. The van der Waals surface area contributed by atoms with Gasteiger partial charge in [0, 0.05) is 25.9 Å². The van der Waals surface area contributed by atoms with E-state index in [2.05, 4.69) is 66.5 Å². The van der Waals surface area contributed by atoms with Crippen molar-refractivity contribution in [1.82, 2.24) is 31.9 Å². The van der Waals surface area contributed by atoms with Crippen molar-refractivity contribution in [2.45, 2.75) is 252 Å². The summed E-state index contributed by atoms with van der Waals surface area (Å²) < 4.78 is 0. The number of nitrogens with two attached hydrogens (primary N) is 1. The van der Waals surface area contributed by atoms with Crippen LogP contribution >= 0.6 is 0 Å². The van der Waals surface area contributed by atoms with Gasteiger partial charge in [-0.3, -0.25) is 28.8 Å². The molecular formula is C48H91N7O7. The van der Waals surface area contributed by atoms with Gasteiger partial charge in [0.15, 0.2) is 0 Å². The van der Waals surface area contributed by atoms with E-state index in [1.165, 1.54) is 0 Å². The molecule has 14 nitrogen and oxygen atoms in total. The number of hydrogen-bond donors (Lipinski definition) is 7. The second kappa shape index (κ2) is 39.1. The van der Waals surface area contributed by atoms with Gasteiger partial charge in [-0.05, 0) is 64.7 Å². The molecule has 0 saturated carbocycles. The van der Waals surface area contributed by atoms with Gasteiger partial charge in [0.1, 0.15) is 30.0 Å². The molecule has 5 unspecified atom stereocenters. The summed E-state index contributed by atoms with van der Waals surface area (Å²) in [6.45, 7) is 13.0. The molecule has 0 aromatic carbocycles. The Labute approximate surface area is 376 Å². The van der Waals surface area contributed by atoms with Crippen molar-refractivity contribution in [3.8, 4) is 0 Å². The summed E-state index contributed by atoms with van der Waals surface area (Å²) in [5.41, 5.74) is 6.20. The molecule has 0 bridgehead atoms. The second-order valence-corrected chi connectivity index (χ2v) is 17.3. The van der Waals surface area contributed by atoms with Crippen LogP contribution in [-0.2, 0) is 33.6 Å². The number of hydrogen-bond acceptors (Lipinski definition) is 8. The normalized spacial score (nSPS) is 13.5. The highest BCUT2D eigenvalue weighted by Gasteiger charge is 2.31. The molecule has 0 fully saturated rings. The van der Waals surface area contributed by atoms with Crippen LogP contribution in [0.3, 0.4) is 0 Å². The molecule has 0 spiro atoms. The minimum atomic E-state index is -0.919. The average molecular weight is 878 g/mol. The van der Waals surface area contributed by atoms with Crippen LogP contribution in [0.15, 0.2) is 0 Å². The zero-order chi connectivity index (χ0) is 46.4. The lowest BCUT2D eigenvalue weighted by Gasteiger charge is -2.27. The van der Waals surface area contributed by atoms with Crippen molar-refractivity contribution in [2.75, 3.05) is 13.1 Å². The fourth-order valence-electron chi connectivity index (χ4n) is 7.22. The molecule has 0 heterocycles. The molecule has 0 aliphatic heterocycles. The summed E-state index contributed by atoms with van der Waals surface area (Å²) >= 11 is 0. The van der Waals surface area contributed by atoms with Gasteiger partial charge in [-0.1, -0.05) is 144 Å². The third-order valence-corrected chi connectivity index (χ3v) is 11.3. The second-order valence-electron chi connectivity index (χ2n) is 17.3. The summed E-state index contributed by atoms with van der Waals surface area (Å²) in [6, 6.07) is -4.17. The lowest BCUT2D eigenvalue weighted by molar-refractivity contribution is -0.135. The number of amides is 6. The molecule has 360 valence electrons. The van der Waals surface area contributed by atoms with Crippen molar-refractivity contribution < 1.29 is 33.6 Å². The van der Waals surface area contributed by atoms with Crippen molar-refractivity contribution in [3.63, 3.8) is 0 Å². The van der Waals surface area contributed by atoms with Crippen LogP contribution in [0, 0.1) is 0 Å². The van der Waals surface area contributed by atoms with Crippen LogP contribution in [-0.4, -0.2) is 84.5 Å². The molecular weight excluding hydrogens is 787 g/mol. The van der Waals surface area contributed by atoms with Crippen molar-refractivity contribution in [2.24, 2.45) is 5.73 Å². The molecule has 0 aromatic heterocycles. The Bertz CT molecular complexity index is 1250. The quantitative estimate of drug-likeness (QED) is 0.0314. The first-order valence-electron chi connectivity index (χ1n) is 24.9. The van der Waals surface area contributed by atoms with Crippen LogP contribution in [0.2, 0.25) is 0 Å². The van der Waals surface area contributed by atoms with Crippen molar-refractivity contribution in [1.29, 1.82) is 0 Å². The van der Waals surface area contributed by atoms with Gasteiger partial charge < -0.3 is 42.4 Å². The Morgan fingerprint density at radius 2 is 0.710 bits per heavy atom. The van der Waals surface area contributed by atoms with E-state index in [0.717, 1.165) is 109 Å². The van der Waals surface area contributed by atoms with Crippen LogP contribution in [0.4, 0.5) is 0 Å². The fourth-order valence-corrected chi connectivity index (χ4v) is 7.22. The molecule has 0 radical (unpaired) electrons. The summed E-state index contributed by atoms with van der Waals surface area (Å²) in [5, 5.41) is 17.6. The third-order valence-electron chi connectivity index (χ3n) is 11.3. The van der Waals surface area contributed by atoms with Crippen molar-refractivity contribution >= 4 is 41.2 Å². The van der Waals surface area contributed by atoms with Crippen LogP contribution < -0.4 is 37.6 Å². The predicted molar refractivity (Wildman–Crippen MR) is 250 cm³/mol. The number of carbonyl (C=O) groups is 7. The van der Waals surface area contributed by atoms with Gasteiger partial charge in [0.05, 0.1) is 6.04 Å². The lowest BCUT2D eigenvalue weighted by atomic mass is 10.0. The zero-order valence-corrected chi connectivity index (χ0v) is 40.0. The van der Waals surface area contributed by atoms with Gasteiger partial charge in [-0.15, -0.1) is 0 Å². The van der Waals surface area contributed by atoms with Gasteiger partial charge >= 0.3 is 0 Å². The first-order valence-corrected chi connectivity index (χ1v) is 24.9. The Balaban J connectivity index is 5.71. The van der Waals surface area contributed by atoms with Crippen LogP contribution in [0.1, 0.15) is 221 Å². The highest BCUT2D eigenvalue weighted by atomic mass is 16.2. The van der Waals surface area contributed by atoms with E-state index in [1.54, 1.807) is 6.92 Å². The zero-order valence-electron chi connectivity index (χ0n) is 40.0. The number of nitrogens with one attached hydrogen (secondary N) is 6. The molecule has 0 aromatic rings. The highest BCUT2D eigenvalue weighted by molar-refractivity contribution is 5.95. The topological polar surface area (TPSA) is 218 Å². The molecule has 0 saturated heterocycles. The van der Waals surface area contributed by atoms with Gasteiger partial charge in [-0.2, -0.15) is 0 Å². The summed E-state index contributed by atoms with van der Waals surface area (Å²) in [5.74, 6) is -1.80. The summed E-state index contributed by atoms with van der Waals surface area (Å²) in [7, 11) is 0. The maximum Gasteiger partial charge on any atom is 0.243 e. The smallest absolute Gasteiger partial charge is 0.243 e. The molecule has 6 amide bonds. The average Bonchev–Trinajstić information content (AvgIpc) is 3.24. The maximum atomic E-state index is 14.1. The van der Waals surface area contributed by atoms with E-state index in [-0.39, 0.29) is 23.5 Å². The number of carbonyl (C=O) groups excluding carboxylic acids is 7. The van der Waals surface area contributed by atoms with E-state index in [1.807, 2.05) is 0 Å². The SMILES string of the molecule is CCCCCC(N)C(=O)NC(CCCCC)C(=O)NC(CCCCC)C(=O)NC(CCCCC)C(=O)NC(CCCCC)C(=O)NCCCCCC(=O)NCCCCCC(C)=O. The maximum absolute atomic E-state index is 14.1. The lowest BCUT2D eigenvalue weighted by Crippen LogP contribution is -2.58. The van der Waals surface area contributed by atoms with E-state index < -0.39 is 47.9 Å². The highest BCUT2D eigenvalue weighted by Crippen LogP contribution is 2.12. The summed E-state index contributed by atoms with van der Waals surface area (Å²) in [4.78, 5) is 91.7. The third kappa shape index (κ3) is 30.5. The molecule has 0 aliphatic rings. The van der Waals surface area contributed by atoms with Gasteiger partial charge in [-0.25, -0.2) is 0 Å². The monoisotopic (exact) mass is 878 g/mol. The first-order chi connectivity index (χ1) is 29.8. The number of rotatable bonds is 41. The standard InChI is InChI=1S/C48H91N7O7/c1-7-12-19-29-38(49)44(58)52-40(31-21-14-9-3)46(60)54-42(33-23-16-11-5)48(62)55-41(32-22-15-10-4)47(61)53-39(30-20-13-8-2)45(59)51-36-27-18-25-34-43(57)50-35-26-17-24-28-37(6)56/h38-42H,7-36,49H2,1-6H3,(H,50,57)(H,51,59)(H,52,58)(H,53,61)(H,54,60)(H,55,62). The Morgan fingerprint density at radius 3 is 1.10 bits per heavy atom. The van der Waals surface area contributed by atoms with Gasteiger partial charge in [0.2, 0.25) is 35.4 Å². The van der Waals surface area contributed by atoms with Crippen LogP contribution in [0.5, 0.6) is 0 Å². The van der Waals surface area contributed by atoms with E-state index in [9.17, 15) is 33.6 Å². The summed E-state index contributed by atoms with van der Waals surface area (Å²) in [6.07, 6.45) is 20.8. The number of unbranched alkanes of at least 4 members (excludes halogenated alkanes) is 14. The minimum Gasteiger partial charge on any atom is -0.356 e. The fraction of sp³-hybridized carbons (Fsp3) is 0.854.